The van der Waals surface area contributed by atoms with Crippen LogP contribution in [-0.4, -0.2) is 39.0 Å². The van der Waals surface area contributed by atoms with Gasteiger partial charge in [0, 0.05) is 18.9 Å². The molecular weight excluding hydrogens is 194 g/mol. The fourth-order valence-electron chi connectivity index (χ4n) is 1.21. The van der Waals surface area contributed by atoms with E-state index >= 15 is 0 Å². The quantitative estimate of drug-likeness (QED) is 0.749. The minimum absolute atomic E-state index is 0.153. The third-order valence-corrected chi connectivity index (χ3v) is 2.07. The molecule has 0 bridgehead atoms. The Morgan fingerprint density at radius 2 is 2.13 bits per heavy atom. The molecular formula is C10H15N3O2. The van der Waals surface area contributed by atoms with Crippen LogP contribution in [0.25, 0.3) is 0 Å². The standard InChI is InChI=1S/C10H15N3O2/c1-2-13(7-4-10(14)15)8-9-11-5-3-6-12-9/h3,5-6H,2,4,7-8H2,1H3,(H,14,15). The molecule has 15 heavy (non-hydrogen) atoms. The summed E-state index contributed by atoms with van der Waals surface area (Å²) >= 11 is 0. The highest BCUT2D eigenvalue weighted by Gasteiger charge is 2.07. The van der Waals surface area contributed by atoms with Gasteiger partial charge in [0.05, 0.1) is 13.0 Å². The molecule has 0 aliphatic carbocycles. The van der Waals surface area contributed by atoms with Crippen molar-refractivity contribution in [1.29, 1.82) is 0 Å². The number of aromatic nitrogens is 2. The molecule has 1 N–H and O–H groups in total. The van der Waals surface area contributed by atoms with Gasteiger partial charge in [-0.05, 0) is 12.6 Å². The molecule has 0 spiro atoms. The number of nitrogens with zero attached hydrogens (tertiary/aromatic N) is 3. The summed E-state index contributed by atoms with van der Waals surface area (Å²) in [6.45, 7) is 3.92. The highest BCUT2D eigenvalue weighted by Crippen LogP contribution is 1.98. The van der Waals surface area contributed by atoms with Crippen molar-refractivity contribution < 1.29 is 9.90 Å². The zero-order valence-electron chi connectivity index (χ0n) is 8.76. The van der Waals surface area contributed by atoms with E-state index in [0.717, 1.165) is 12.4 Å². The van der Waals surface area contributed by atoms with Gasteiger partial charge in [0.1, 0.15) is 5.82 Å². The van der Waals surface area contributed by atoms with E-state index in [2.05, 4.69) is 9.97 Å². The summed E-state index contributed by atoms with van der Waals surface area (Å²) in [6.07, 6.45) is 3.53. The molecule has 0 saturated carbocycles. The molecule has 1 aromatic rings. The van der Waals surface area contributed by atoms with Crippen molar-refractivity contribution >= 4 is 5.97 Å². The van der Waals surface area contributed by atoms with Crippen molar-refractivity contribution in [1.82, 2.24) is 14.9 Å². The van der Waals surface area contributed by atoms with Gasteiger partial charge in [-0.2, -0.15) is 0 Å². The van der Waals surface area contributed by atoms with Crippen LogP contribution in [0.4, 0.5) is 0 Å². The maximum absolute atomic E-state index is 10.4. The van der Waals surface area contributed by atoms with Gasteiger partial charge in [-0.1, -0.05) is 6.92 Å². The summed E-state index contributed by atoms with van der Waals surface area (Å²) in [5.74, 6) is -0.0489. The molecule has 1 aromatic heterocycles. The van der Waals surface area contributed by atoms with Crippen molar-refractivity contribution in [2.24, 2.45) is 0 Å². The van der Waals surface area contributed by atoms with Gasteiger partial charge in [0.15, 0.2) is 0 Å². The lowest BCUT2D eigenvalue weighted by molar-refractivity contribution is -0.137. The normalized spacial score (nSPS) is 10.5. The van der Waals surface area contributed by atoms with Crippen LogP contribution in [0.1, 0.15) is 19.2 Å². The van der Waals surface area contributed by atoms with Gasteiger partial charge in [-0.25, -0.2) is 9.97 Å². The van der Waals surface area contributed by atoms with Gasteiger partial charge in [-0.3, -0.25) is 9.69 Å². The average molecular weight is 209 g/mol. The fourth-order valence-corrected chi connectivity index (χ4v) is 1.21. The first-order valence-corrected chi connectivity index (χ1v) is 4.92. The van der Waals surface area contributed by atoms with E-state index in [1.165, 1.54) is 0 Å². The predicted molar refractivity (Wildman–Crippen MR) is 55.2 cm³/mol. The van der Waals surface area contributed by atoms with Crippen LogP contribution < -0.4 is 0 Å². The summed E-state index contributed by atoms with van der Waals surface area (Å²) in [6, 6.07) is 1.76. The molecule has 1 heterocycles. The molecule has 0 atom stereocenters. The summed E-state index contributed by atoms with van der Waals surface area (Å²) in [7, 11) is 0. The van der Waals surface area contributed by atoms with Gasteiger partial charge in [-0.15, -0.1) is 0 Å². The zero-order chi connectivity index (χ0) is 11.1. The first-order valence-electron chi connectivity index (χ1n) is 4.92. The molecule has 0 amide bonds. The Hall–Kier alpha value is -1.49. The van der Waals surface area contributed by atoms with E-state index in [1.807, 2.05) is 11.8 Å². The molecule has 82 valence electrons. The lowest BCUT2D eigenvalue weighted by Crippen LogP contribution is -2.26. The van der Waals surface area contributed by atoms with Crippen LogP contribution >= 0.6 is 0 Å². The molecule has 0 saturated heterocycles. The third kappa shape index (κ3) is 4.51. The summed E-state index contributed by atoms with van der Waals surface area (Å²) in [5.41, 5.74) is 0. The van der Waals surface area contributed by atoms with E-state index in [4.69, 9.17) is 5.11 Å². The number of carbonyl (C=O) groups is 1. The van der Waals surface area contributed by atoms with E-state index < -0.39 is 5.97 Å². The Morgan fingerprint density at radius 3 is 2.67 bits per heavy atom. The summed E-state index contributed by atoms with van der Waals surface area (Å²) in [4.78, 5) is 20.6. The first-order chi connectivity index (χ1) is 7.22. The van der Waals surface area contributed by atoms with E-state index in [0.29, 0.717) is 13.1 Å². The van der Waals surface area contributed by atoms with Crippen LogP contribution in [0.2, 0.25) is 0 Å². The SMILES string of the molecule is CCN(CCC(=O)O)Cc1ncccn1. The van der Waals surface area contributed by atoms with Gasteiger partial charge in [0.25, 0.3) is 0 Å². The minimum Gasteiger partial charge on any atom is -0.481 e. The second-order valence-electron chi connectivity index (χ2n) is 3.18. The van der Waals surface area contributed by atoms with Crippen LogP contribution in [0.5, 0.6) is 0 Å². The van der Waals surface area contributed by atoms with Gasteiger partial charge < -0.3 is 5.11 Å². The molecule has 0 aromatic carbocycles. The van der Waals surface area contributed by atoms with Crippen molar-refractivity contribution in [2.45, 2.75) is 19.9 Å². The lowest BCUT2D eigenvalue weighted by Gasteiger charge is -2.17. The second kappa shape index (κ2) is 6.08. The second-order valence-corrected chi connectivity index (χ2v) is 3.18. The number of hydrogen-bond donors (Lipinski definition) is 1. The third-order valence-electron chi connectivity index (χ3n) is 2.07. The maximum atomic E-state index is 10.4. The van der Waals surface area contributed by atoms with E-state index in [-0.39, 0.29) is 6.42 Å². The van der Waals surface area contributed by atoms with E-state index in [9.17, 15) is 4.79 Å². The first kappa shape index (κ1) is 11.6. The maximum Gasteiger partial charge on any atom is 0.304 e. The van der Waals surface area contributed by atoms with Crippen molar-refractivity contribution in [3.05, 3.63) is 24.3 Å². The molecule has 1 rings (SSSR count). The lowest BCUT2D eigenvalue weighted by atomic mass is 10.3. The zero-order valence-corrected chi connectivity index (χ0v) is 8.76. The average Bonchev–Trinajstić information content (AvgIpc) is 2.25. The fraction of sp³-hybridized carbons (Fsp3) is 0.500. The monoisotopic (exact) mass is 209 g/mol. The summed E-state index contributed by atoms with van der Waals surface area (Å²) in [5, 5.41) is 8.57. The smallest absolute Gasteiger partial charge is 0.304 e. The van der Waals surface area contributed by atoms with Crippen LogP contribution in [0.3, 0.4) is 0 Å². The minimum atomic E-state index is -0.776. The van der Waals surface area contributed by atoms with Crippen molar-refractivity contribution in [3.63, 3.8) is 0 Å². The predicted octanol–water partition coefficient (Wildman–Crippen LogP) is 0.773. The van der Waals surface area contributed by atoms with Crippen LogP contribution in [0.15, 0.2) is 18.5 Å². The Labute approximate surface area is 88.8 Å². The van der Waals surface area contributed by atoms with Gasteiger partial charge in [0.2, 0.25) is 0 Å². The largest absolute Gasteiger partial charge is 0.481 e. The Balaban J connectivity index is 2.43. The van der Waals surface area contributed by atoms with Crippen LogP contribution in [0, 0.1) is 0 Å². The highest BCUT2D eigenvalue weighted by molar-refractivity contribution is 5.66. The highest BCUT2D eigenvalue weighted by atomic mass is 16.4. The number of carboxylic acids is 1. The number of hydrogen-bond acceptors (Lipinski definition) is 4. The molecule has 5 heteroatoms. The Kier molecular flexibility index (Phi) is 4.70. The Morgan fingerprint density at radius 1 is 1.47 bits per heavy atom. The molecule has 0 radical (unpaired) electrons. The van der Waals surface area contributed by atoms with Crippen molar-refractivity contribution in [3.8, 4) is 0 Å². The number of carboxylic acid groups (broad SMARTS) is 1. The Bertz CT molecular complexity index is 303. The molecule has 0 unspecified atom stereocenters. The molecule has 0 aliphatic heterocycles. The van der Waals surface area contributed by atoms with Crippen molar-refractivity contribution in [2.75, 3.05) is 13.1 Å². The number of rotatable bonds is 6. The van der Waals surface area contributed by atoms with E-state index in [1.54, 1.807) is 18.5 Å². The molecule has 0 fully saturated rings. The summed E-state index contributed by atoms with van der Waals surface area (Å²) < 4.78 is 0. The molecule has 0 aliphatic rings. The van der Waals surface area contributed by atoms with Crippen LogP contribution in [-0.2, 0) is 11.3 Å². The molecule has 5 nitrogen and oxygen atoms in total. The van der Waals surface area contributed by atoms with Gasteiger partial charge >= 0.3 is 5.97 Å². The number of aliphatic carboxylic acids is 1. The topological polar surface area (TPSA) is 66.3 Å².